The minimum atomic E-state index is 0.360. The van der Waals surface area contributed by atoms with Crippen LogP contribution in [0, 0.1) is 0 Å². The van der Waals surface area contributed by atoms with Gasteiger partial charge in [-0.05, 0) is 24.9 Å². The summed E-state index contributed by atoms with van der Waals surface area (Å²) in [5.74, 6) is 2.61. The van der Waals surface area contributed by atoms with Crippen LogP contribution in [0.2, 0.25) is 0 Å². The van der Waals surface area contributed by atoms with Crippen molar-refractivity contribution >= 4 is 23.5 Å². The van der Waals surface area contributed by atoms with E-state index >= 15 is 0 Å². The molecule has 0 aliphatic carbocycles. The van der Waals surface area contributed by atoms with E-state index in [0.717, 1.165) is 6.54 Å². The molecule has 4 heteroatoms. The highest BCUT2D eigenvalue weighted by Gasteiger charge is 2.28. The van der Waals surface area contributed by atoms with Crippen LogP contribution in [-0.2, 0) is 6.54 Å². The van der Waals surface area contributed by atoms with Gasteiger partial charge in [-0.2, -0.15) is 0 Å². The van der Waals surface area contributed by atoms with Crippen LogP contribution in [0.15, 0.2) is 18.7 Å². The molecule has 1 saturated heterocycles. The molecule has 0 radical (unpaired) electrons. The fourth-order valence-electron chi connectivity index (χ4n) is 1.48. The van der Waals surface area contributed by atoms with Gasteiger partial charge in [-0.3, -0.25) is 0 Å². The molecule has 0 aromatic carbocycles. The van der Waals surface area contributed by atoms with E-state index in [2.05, 4.69) is 40.0 Å². The average molecular weight is 214 g/mol. The van der Waals surface area contributed by atoms with E-state index in [0.29, 0.717) is 4.08 Å². The third-order valence-electron chi connectivity index (χ3n) is 2.13. The summed E-state index contributed by atoms with van der Waals surface area (Å²) >= 11 is 4.16. The maximum atomic E-state index is 4.06. The quantitative estimate of drug-likeness (QED) is 0.753. The van der Waals surface area contributed by atoms with Gasteiger partial charge in [-0.1, -0.05) is 0 Å². The van der Waals surface area contributed by atoms with Crippen molar-refractivity contribution in [1.82, 2.24) is 9.55 Å². The van der Waals surface area contributed by atoms with E-state index in [1.807, 2.05) is 18.7 Å². The Bertz CT molecular complexity index is 253. The normalized spacial score (nSPS) is 21.6. The highest BCUT2D eigenvalue weighted by atomic mass is 32.2. The van der Waals surface area contributed by atoms with Crippen LogP contribution in [0.3, 0.4) is 0 Å². The van der Waals surface area contributed by atoms with Crippen molar-refractivity contribution in [2.75, 3.05) is 11.5 Å². The van der Waals surface area contributed by atoms with Gasteiger partial charge in [0.15, 0.2) is 0 Å². The lowest BCUT2D eigenvalue weighted by molar-refractivity contribution is 0.656. The molecule has 1 fully saturated rings. The molecule has 2 nitrogen and oxygen atoms in total. The Labute approximate surface area is 87.5 Å². The molecule has 0 saturated carbocycles. The van der Waals surface area contributed by atoms with Crippen molar-refractivity contribution in [3.05, 3.63) is 18.7 Å². The Morgan fingerprint density at radius 2 is 2.23 bits per heavy atom. The standard InChI is InChI=1S/C9H14N2S2/c1-9(12-5-2-6-13-9)7-11-4-3-10-8-11/h3-4,8H,2,5-7H2,1H3. The van der Waals surface area contributed by atoms with Crippen molar-refractivity contribution in [3.8, 4) is 0 Å². The summed E-state index contributed by atoms with van der Waals surface area (Å²) in [6, 6.07) is 0. The van der Waals surface area contributed by atoms with E-state index in [9.17, 15) is 0 Å². The monoisotopic (exact) mass is 214 g/mol. The fourth-order valence-corrected chi connectivity index (χ4v) is 4.42. The lowest BCUT2D eigenvalue weighted by Crippen LogP contribution is -2.26. The molecule has 0 N–H and O–H groups in total. The number of thioether (sulfide) groups is 2. The molecular weight excluding hydrogens is 200 g/mol. The molecule has 0 amide bonds. The van der Waals surface area contributed by atoms with Gasteiger partial charge in [0, 0.05) is 18.9 Å². The van der Waals surface area contributed by atoms with E-state index in [1.165, 1.54) is 17.9 Å². The topological polar surface area (TPSA) is 17.8 Å². The second-order valence-corrected chi connectivity index (χ2v) is 6.87. The number of hydrogen-bond acceptors (Lipinski definition) is 3. The molecule has 0 atom stereocenters. The van der Waals surface area contributed by atoms with Crippen molar-refractivity contribution in [3.63, 3.8) is 0 Å². The smallest absolute Gasteiger partial charge is 0.0946 e. The van der Waals surface area contributed by atoms with Gasteiger partial charge in [0.1, 0.15) is 0 Å². The Balaban J connectivity index is 1.99. The Kier molecular flexibility index (Phi) is 2.89. The molecule has 1 aliphatic rings. The molecule has 0 unspecified atom stereocenters. The van der Waals surface area contributed by atoms with E-state index < -0.39 is 0 Å². The predicted molar refractivity (Wildman–Crippen MR) is 60.2 cm³/mol. The maximum absolute atomic E-state index is 4.06. The van der Waals surface area contributed by atoms with E-state index in [-0.39, 0.29) is 0 Å². The summed E-state index contributed by atoms with van der Waals surface area (Å²) in [7, 11) is 0. The first-order valence-corrected chi connectivity index (χ1v) is 6.49. The number of nitrogens with zero attached hydrogens (tertiary/aromatic N) is 2. The zero-order valence-corrected chi connectivity index (χ0v) is 9.40. The highest BCUT2D eigenvalue weighted by molar-refractivity contribution is 8.18. The zero-order valence-electron chi connectivity index (χ0n) is 7.77. The molecule has 1 aromatic heterocycles. The van der Waals surface area contributed by atoms with Crippen LogP contribution in [-0.4, -0.2) is 25.1 Å². The van der Waals surface area contributed by atoms with E-state index in [1.54, 1.807) is 0 Å². The second kappa shape index (κ2) is 3.96. The van der Waals surface area contributed by atoms with Gasteiger partial charge >= 0.3 is 0 Å². The third kappa shape index (κ3) is 2.44. The van der Waals surface area contributed by atoms with Gasteiger partial charge < -0.3 is 4.57 Å². The van der Waals surface area contributed by atoms with Gasteiger partial charge in [0.05, 0.1) is 10.4 Å². The van der Waals surface area contributed by atoms with E-state index in [4.69, 9.17) is 0 Å². The Morgan fingerprint density at radius 3 is 2.85 bits per heavy atom. The van der Waals surface area contributed by atoms with Gasteiger partial charge in [-0.15, -0.1) is 23.5 Å². The summed E-state index contributed by atoms with van der Waals surface area (Å²) < 4.78 is 2.53. The molecule has 2 heterocycles. The minimum Gasteiger partial charge on any atom is -0.335 e. The number of imidazole rings is 1. The molecule has 13 heavy (non-hydrogen) atoms. The van der Waals surface area contributed by atoms with Gasteiger partial charge in [-0.25, -0.2) is 4.98 Å². The summed E-state index contributed by atoms with van der Waals surface area (Å²) in [6.07, 6.45) is 7.15. The lowest BCUT2D eigenvalue weighted by Gasteiger charge is -2.32. The molecule has 0 bridgehead atoms. The second-order valence-electron chi connectivity index (χ2n) is 3.42. The first kappa shape index (κ1) is 9.46. The highest BCUT2D eigenvalue weighted by Crippen LogP contribution is 2.42. The van der Waals surface area contributed by atoms with Crippen LogP contribution in [0.4, 0.5) is 0 Å². The maximum Gasteiger partial charge on any atom is 0.0946 e. The van der Waals surface area contributed by atoms with Crippen molar-refractivity contribution < 1.29 is 0 Å². The average Bonchev–Trinajstić information content (AvgIpc) is 2.57. The van der Waals surface area contributed by atoms with Crippen molar-refractivity contribution in [2.24, 2.45) is 0 Å². The largest absolute Gasteiger partial charge is 0.335 e. The Morgan fingerprint density at radius 1 is 1.46 bits per heavy atom. The number of aromatic nitrogens is 2. The van der Waals surface area contributed by atoms with Crippen molar-refractivity contribution in [1.29, 1.82) is 0 Å². The van der Waals surface area contributed by atoms with Crippen LogP contribution in [0.1, 0.15) is 13.3 Å². The number of rotatable bonds is 2. The van der Waals surface area contributed by atoms with Crippen LogP contribution in [0.5, 0.6) is 0 Å². The molecular formula is C9H14N2S2. The molecule has 0 spiro atoms. The predicted octanol–water partition coefficient (Wildman–Crippen LogP) is 2.47. The van der Waals surface area contributed by atoms with Gasteiger partial charge in [0.2, 0.25) is 0 Å². The van der Waals surface area contributed by atoms with Crippen LogP contribution >= 0.6 is 23.5 Å². The lowest BCUT2D eigenvalue weighted by atomic mass is 10.4. The van der Waals surface area contributed by atoms with Gasteiger partial charge in [0.25, 0.3) is 0 Å². The number of hydrogen-bond donors (Lipinski definition) is 0. The summed E-state index contributed by atoms with van der Waals surface area (Å²) in [5, 5.41) is 0. The van der Waals surface area contributed by atoms with Crippen molar-refractivity contribution in [2.45, 2.75) is 24.0 Å². The summed E-state index contributed by atoms with van der Waals surface area (Å²) in [6.45, 7) is 3.41. The minimum absolute atomic E-state index is 0.360. The van der Waals surface area contributed by atoms with Crippen LogP contribution in [0.25, 0.3) is 0 Å². The first-order valence-electron chi connectivity index (χ1n) is 4.52. The fraction of sp³-hybridized carbons (Fsp3) is 0.667. The molecule has 72 valence electrons. The van der Waals surface area contributed by atoms with Crippen LogP contribution < -0.4 is 0 Å². The molecule has 1 aromatic rings. The first-order chi connectivity index (χ1) is 6.29. The third-order valence-corrected chi connectivity index (χ3v) is 5.30. The SMILES string of the molecule is CC1(Cn2ccnc2)SCCCS1. The molecule has 2 rings (SSSR count). The summed E-state index contributed by atoms with van der Waals surface area (Å²) in [5.41, 5.74) is 0. The summed E-state index contributed by atoms with van der Waals surface area (Å²) in [4.78, 5) is 4.06. The Hall–Kier alpha value is -0.0900. The molecule has 1 aliphatic heterocycles. The zero-order chi connectivity index (χ0) is 9.15.